The highest BCUT2D eigenvalue weighted by Crippen LogP contribution is 2.40. The minimum Gasteiger partial charge on any atom is -0.390 e. The monoisotopic (exact) mass is 292 g/mol. The molecule has 0 spiro atoms. The van der Waals surface area contributed by atoms with E-state index in [1.165, 1.54) is 54.1 Å². The lowest BCUT2D eigenvalue weighted by atomic mass is 9.71. The first-order valence-electron chi connectivity index (χ1n) is 8.15. The van der Waals surface area contributed by atoms with Crippen LogP contribution in [0.3, 0.4) is 0 Å². The van der Waals surface area contributed by atoms with Crippen molar-refractivity contribution < 1.29 is 5.11 Å². The van der Waals surface area contributed by atoms with Crippen molar-refractivity contribution in [2.24, 2.45) is 5.92 Å². The van der Waals surface area contributed by atoms with Crippen LogP contribution < -0.4 is 0 Å². The highest BCUT2D eigenvalue weighted by molar-refractivity contribution is 7.11. The average molecular weight is 292 g/mol. The number of piperidine rings is 1. The van der Waals surface area contributed by atoms with Gasteiger partial charge < -0.3 is 5.11 Å². The summed E-state index contributed by atoms with van der Waals surface area (Å²) in [5, 5.41) is 12.0. The largest absolute Gasteiger partial charge is 0.390 e. The van der Waals surface area contributed by atoms with E-state index in [1.54, 1.807) is 0 Å². The number of aromatic nitrogens is 1. The molecule has 4 heteroatoms. The van der Waals surface area contributed by atoms with E-state index < -0.39 is 0 Å². The van der Waals surface area contributed by atoms with Crippen LogP contribution in [-0.2, 0) is 19.4 Å². The number of nitrogens with zero attached hydrogens (tertiary/aromatic N) is 2. The lowest BCUT2D eigenvalue weighted by Crippen LogP contribution is -2.52. The van der Waals surface area contributed by atoms with Gasteiger partial charge in [-0.1, -0.05) is 12.8 Å². The maximum atomic E-state index is 10.7. The lowest BCUT2D eigenvalue weighted by molar-refractivity contribution is -0.0967. The molecule has 2 heterocycles. The van der Waals surface area contributed by atoms with Crippen LogP contribution in [0.4, 0.5) is 0 Å². The highest BCUT2D eigenvalue weighted by Gasteiger charge is 2.42. The second kappa shape index (κ2) is 5.08. The number of thiazole rings is 1. The quantitative estimate of drug-likeness (QED) is 0.910. The molecule has 1 N–H and O–H groups in total. The van der Waals surface area contributed by atoms with Crippen LogP contribution in [0, 0.1) is 5.92 Å². The Balaban J connectivity index is 1.42. The smallest absolute Gasteiger partial charge is 0.107 e. The van der Waals surface area contributed by atoms with Crippen molar-refractivity contribution in [1.82, 2.24) is 9.88 Å². The zero-order valence-corrected chi connectivity index (χ0v) is 12.9. The molecular formula is C16H24N2OS. The van der Waals surface area contributed by atoms with Gasteiger partial charge in [-0.2, -0.15) is 0 Å². The van der Waals surface area contributed by atoms with Crippen LogP contribution in [0.15, 0.2) is 0 Å². The Bertz CT molecular complexity index is 479. The van der Waals surface area contributed by atoms with Crippen molar-refractivity contribution in [3.63, 3.8) is 0 Å². The second-order valence-corrected chi connectivity index (χ2v) is 8.03. The van der Waals surface area contributed by atoms with Gasteiger partial charge in [-0.25, -0.2) is 4.98 Å². The Hall–Kier alpha value is -0.450. The van der Waals surface area contributed by atoms with E-state index in [4.69, 9.17) is 4.98 Å². The minimum absolute atomic E-state index is 0.348. The number of hydrogen-bond acceptors (Lipinski definition) is 4. The number of aryl methyl sites for hydroxylation is 2. The summed E-state index contributed by atoms with van der Waals surface area (Å²) in [6, 6.07) is 0. The van der Waals surface area contributed by atoms with Gasteiger partial charge in [0, 0.05) is 23.9 Å². The predicted molar refractivity (Wildman–Crippen MR) is 80.9 cm³/mol. The van der Waals surface area contributed by atoms with E-state index in [0.29, 0.717) is 5.92 Å². The fourth-order valence-corrected chi connectivity index (χ4v) is 5.49. The first-order chi connectivity index (χ1) is 9.73. The van der Waals surface area contributed by atoms with Crippen molar-refractivity contribution in [2.75, 3.05) is 13.1 Å². The van der Waals surface area contributed by atoms with Crippen LogP contribution in [-0.4, -0.2) is 33.7 Å². The van der Waals surface area contributed by atoms with E-state index >= 15 is 0 Å². The van der Waals surface area contributed by atoms with Crippen LogP contribution in [0.5, 0.6) is 0 Å². The molecule has 1 saturated heterocycles. The molecule has 3 aliphatic rings. The molecule has 0 amide bonds. The summed E-state index contributed by atoms with van der Waals surface area (Å²) in [5.74, 6) is 0.497. The van der Waals surface area contributed by atoms with Gasteiger partial charge in [0.25, 0.3) is 0 Å². The van der Waals surface area contributed by atoms with Crippen molar-refractivity contribution in [3.8, 4) is 0 Å². The number of rotatable bonds is 2. The molecule has 1 saturated carbocycles. The molecule has 2 fully saturated rings. The zero-order chi connectivity index (χ0) is 13.6. The van der Waals surface area contributed by atoms with E-state index in [1.807, 2.05) is 11.3 Å². The molecule has 4 rings (SSSR count). The molecule has 1 aromatic rings. The van der Waals surface area contributed by atoms with Crippen LogP contribution >= 0.6 is 11.3 Å². The molecule has 110 valence electrons. The third-order valence-corrected chi connectivity index (χ3v) is 6.65. The van der Waals surface area contributed by atoms with E-state index in [0.717, 1.165) is 32.5 Å². The lowest BCUT2D eigenvalue weighted by Gasteiger charge is -2.47. The van der Waals surface area contributed by atoms with Crippen LogP contribution in [0.1, 0.15) is 54.1 Å². The highest BCUT2D eigenvalue weighted by atomic mass is 32.1. The molecule has 1 aromatic heterocycles. The number of aliphatic hydroxyl groups is 1. The van der Waals surface area contributed by atoms with Gasteiger partial charge >= 0.3 is 0 Å². The summed E-state index contributed by atoms with van der Waals surface area (Å²) in [7, 11) is 0. The van der Waals surface area contributed by atoms with Crippen molar-refractivity contribution in [3.05, 3.63) is 15.6 Å². The Morgan fingerprint density at radius 3 is 3.10 bits per heavy atom. The van der Waals surface area contributed by atoms with Gasteiger partial charge in [0.1, 0.15) is 5.01 Å². The van der Waals surface area contributed by atoms with Gasteiger partial charge in [0.05, 0.1) is 17.8 Å². The number of likely N-dealkylation sites (tertiary alicyclic amines) is 1. The Morgan fingerprint density at radius 1 is 1.25 bits per heavy atom. The topological polar surface area (TPSA) is 36.4 Å². The maximum absolute atomic E-state index is 10.7. The summed E-state index contributed by atoms with van der Waals surface area (Å²) >= 11 is 1.93. The summed E-state index contributed by atoms with van der Waals surface area (Å²) in [5.41, 5.74) is 1.02. The fourth-order valence-electron chi connectivity index (χ4n) is 4.29. The molecule has 2 atom stereocenters. The Morgan fingerprint density at radius 2 is 2.20 bits per heavy atom. The normalized spacial score (nSPS) is 34.0. The van der Waals surface area contributed by atoms with E-state index in [2.05, 4.69) is 4.90 Å². The zero-order valence-electron chi connectivity index (χ0n) is 12.1. The minimum atomic E-state index is -0.348. The van der Waals surface area contributed by atoms with E-state index in [-0.39, 0.29) is 5.60 Å². The summed E-state index contributed by atoms with van der Waals surface area (Å²) in [4.78, 5) is 8.88. The maximum Gasteiger partial charge on any atom is 0.107 e. The van der Waals surface area contributed by atoms with Crippen molar-refractivity contribution >= 4 is 11.3 Å². The number of hydrogen-bond donors (Lipinski definition) is 1. The molecule has 3 nitrogen and oxygen atoms in total. The molecule has 0 aromatic carbocycles. The SMILES string of the molecule is OC12CCCCC1CN(Cc1nc3c(s1)CCC3)CC2. The molecule has 2 aliphatic carbocycles. The van der Waals surface area contributed by atoms with Crippen LogP contribution in [0.2, 0.25) is 0 Å². The van der Waals surface area contributed by atoms with E-state index in [9.17, 15) is 5.11 Å². The fraction of sp³-hybridized carbons (Fsp3) is 0.812. The standard InChI is InChI=1S/C16H24N2OS/c19-16-7-2-1-4-12(16)10-18(9-8-16)11-15-17-13-5-3-6-14(13)20-15/h12,19H,1-11H2. The molecular weight excluding hydrogens is 268 g/mol. The molecule has 2 unspecified atom stereocenters. The third kappa shape index (κ3) is 2.32. The van der Waals surface area contributed by atoms with Crippen molar-refractivity contribution in [1.29, 1.82) is 0 Å². The van der Waals surface area contributed by atoms with Gasteiger partial charge in [-0.05, 0) is 38.5 Å². The molecule has 20 heavy (non-hydrogen) atoms. The van der Waals surface area contributed by atoms with Gasteiger partial charge in [0.2, 0.25) is 0 Å². The summed E-state index contributed by atoms with van der Waals surface area (Å²) < 4.78 is 0. The van der Waals surface area contributed by atoms with Crippen LogP contribution in [0.25, 0.3) is 0 Å². The third-order valence-electron chi connectivity index (χ3n) is 5.51. The average Bonchev–Trinajstić information content (AvgIpc) is 3.00. The summed E-state index contributed by atoms with van der Waals surface area (Å²) in [6.45, 7) is 3.11. The van der Waals surface area contributed by atoms with Crippen molar-refractivity contribution in [2.45, 2.75) is 63.5 Å². The van der Waals surface area contributed by atoms with Gasteiger partial charge in [-0.3, -0.25) is 4.90 Å². The molecule has 1 aliphatic heterocycles. The predicted octanol–water partition coefficient (Wildman–Crippen LogP) is 2.76. The number of fused-ring (bicyclic) bond motifs is 2. The van der Waals surface area contributed by atoms with Gasteiger partial charge in [-0.15, -0.1) is 11.3 Å². The molecule has 0 bridgehead atoms. The Kier molecular flexibility index (Phi) is 3.36. The summed E-state index contributed by atoms with van der Waals surface area (Å²) in [6.07, 6.45) is 9.44. The first-order valence-corrected chi connectivity index (χ1v) is 8.97. The van der Waals surface area contributed by atoms with Gasteiger partial charge in [0.15, 0.2) is 0 Å². The first kappa shape index (κ1) is 13.2. The second-order valence-electron chi connectivity index (χ2n) is 6.86. The molecule has 0 radical (unpaired) electrons. The Labute approximate surface area is 125 Å².